The molecule has 1 amide bonds. The number of carbonyl (C=O) groups excluding carboxylic acids is 2. The number of carbonyl (C=O) groups is 2. The lowest BCUT2D eigenvalue weighted by molar-refractivity contribution is 0.0497. The van der Waals surface area contributed by atoms with E-state index < -0.39 is 17.7 Å². The van der Waals surface area contributed by atoms with Gasteiger partial charge in [0.15, 0.2) is 5.69 Å². The molecule has 1 aromatic heterocycles. The molecule has 0 aliphatic heterocycles. The predicted molar refractivity (Wildman–Crippen MR) is 78.1 cm³/mol. The summed E-state index contributed by atoms with van der Waals surface area (Å²) in [6.45, 7) is 7.94. The van der Waals surface area contributed by atoms with Crippen molar-refractivity contribution in [3.63, 3.8) is 0 Å². The maximum absolute atomic E-state index is 11.8. The lowest BCUT2D eigenvalue weighted by Crippen LogP contribution is -2.33. The molecule has 0 saturated carbocycles. The molecule has 9 nitrogen and oxygen atoms in total. The average Bonchev–Trinajstić information content (AvgIpc) is 2.78. The third-order valence-electron chi connectivity index (χ3n) is 2.45. The third-order valence-corrected chi connectivity index (χ3v) is 2.45. The second kappa shape index (κ2) is 7.74. The van der Waals surface area contributed by atoms with Gasteiger partial charge >= 0.3 is 12.1 Å². The first-order chi connectivity index (χ1) is 10.3. The van der Waals surface area contributed by atoms with Gasteiger partial charge in [0.25, 0.3) is 0 Å². The molecule has 1 rings (SSSR count). The van der Waals surface area contributed by atoms with Gasteiger partial charge in [-0.15, -0.1) is 5.10 Å². The fraction of sp³-hybridized carbons (Fsp3) is 0.692. The van der Waals surface area contributed by atoms with Crippen LogP contribution in [0.1, 0.15) is 43.9 Å². The van der Waals surface area contributed by atoms with Crippen molar-refractivity contribution >= 4 is 12.1 Å². The Hall–Kier alpha value is -2.16. The van der Waals surface area contributed by atoms with Crippen LogP contribution in [0.2, 0.25) is 0 Å². The number of nitrogens with one attached hydrogen (secondary N) is 1. The highest BCUT2D eigenvalue weighted by Crippen LogP contribution is 2.09. The van der Waals surface area contributed by atoms with Crippen LogP contribution in [0.4, 0.5) is 4.79 Å². The molecule has 1 heterocycles. The fourth-order valence-corrected chi connectivity index (χ4v) is 1.64. The minimum Gasteiger partial charge on any atom is -0.461 e. The molecule has 0 aliphatic rings. The Kier molecular flexibility index (Phi) is 6.29. The van der Waals surface area contributed by atoms with Crippen LogP contribution in [0, 0.1) is 0 Å². The van der Waals surface area contributed by atoms with Gasteiger partial charge in [0, 0.05) is 6.54 Å². The molecule has 0 aromatic carbocycles. The number of aromatic nitrogens is 3. The van der Waals surface area contributed by atoms with E-state index in [2.05, 4.69) is 15.6 Å². The standard InChI is InChI=1S/C13H23N5O4/c1-5-21-11(19)10-9(18(7-6-14)17-16-10)8-15-12(20)22-13(2,3)4/h5-8,14H2,1-4H3,(H,15,20). The maximum Gasteiger partial charge on any atom is 0.407 e. The Balaban J connectivity index is 2.84. The van der Waals surface area contributed by atoms with Gasteiger partial charge in [0.2, 0.25) is 0 Å². The number of hydrogen-bond donors (Lipinski definition) is 2. The second-order valence-electron chi connectivity index (χ2n) is 5.47. The summed E-state index contributed by atoms with van der Waals surface area (Å²) in [7, 11) is 0. The first kappa shape index (κ1) is 17.9. The zero-order valence-electron chi connectivity index (χ0n) is 13.4. The summed E-state index contributed by atoms with van der Waals surface area (Å²) < 4.78 is 11.5. The van der Waals surface area contributed by atoms with E-state index in [-0.39, 0.29) is 18.8 Å². The van der Waals surface area contributed by atoms with E-state index in [9.17, 15) is 9.59 Å². The quantitative estimate of drug-likeness (QED) is 0.731. The number of ether oxygens (including phenoxy) is 2. The van der Waals surface area contributed by atoms with E-state index in [1.54, 1.807) is 27.7 Å². The van der Waals surface area contributed by atoms with Crippen LogP contribution in [-0.4, -0.2) is 45.8 Å². The number of esters is 1. The highest BCUT2D eigenvalue weighted by molar-refractivity contribution is 5.88. The topological polar surface area (TPSA) is 121 Å². The van der Waals surface area contributed by atoms with Crippen LogP contribution < -0.4 is 11.1 Å². The number of hydrogen-bond acceptors (Lipinski definition) is 7. The minimum absolute atomic E-state index is 0.0378. The van der Waals surface area contributed by atoms with E-state index in [1.807, 2.05) is 0 Å². The zero-order valence-corrected chi connectivity index (χ0v) is 13.4. The second-order valence-corrected chi connectivity index (χ2v) is 5.47. The van der Waals surface area contributed by atoms with E-state index >= 15 is 0 Å². The summed E-state index contributed by atoms with van der Waals surface area (Å²) in [5.74, 6) is -0.591. The predicted octanol–water partition coefficient (Wildman–Crippen LogP) is 0.438. The molecule has 0 radical (unpaired) electrons. The van der Waals surface area contributed by atoms with E-state index in [0.29, 0.717) is 18.8 Å². The Labute approximate surface area is 129 Å². The molecule has 124 valence electrons. The number of amides is 1. The minimum atomic E-state index is -0.607. The van der Waals surface area contributed by atoms with E-state index in [4.69, 9.17) is 15.2 Å². The van der Waals surface area contributed by atoms with E-state index in [0.717, 1.165) is 0 Å². The molecule has 3 N–H and O–H groups in total. The van der Waals surface area contributed by atoms with E-state index in [1.165, 1.54) is 4.68 Å². The summed E-state index contributed by atoms with van der Waals surface area (Å²) in [6, 6.07) is 0. The van der Waals surface area contributed by atoms with Gasteiger partial charge in [-0.2, -0.15) is 0 Å². The Bertz CT molecular complexity index is 521. The number of nitrogens with two attached hydrogens (primary N) is 1. The number of alkyl carbamates (subject to hydrolysis) is 1. The molecular weight excluding hydrogens is 290 g/mol. The van der Waals surface area contributed by atoms with Crippen LogP contribution in [0.15, 0.2) is 0 Å². The Morgan fingerprint density at radius 3 is 2.59 bits per heavy atom. The molecule has 0 unspecified atom stereocenters. The van der Waals surface area contributed by atoms with Gasteiger partial charge in [0.05, 0.1) is 25.4 Å². The van der Waals surface area contributed by atoms with Crippen molar-refractivity contribution < 1.29 is 19.1 Å². The third kappa shape index (κ3) is 5.32. The molecule has 9 heteroatoms. The summed E-state index contributed by atoms with van der Waals surface area (Å²) in [5.41, 5.74) is 5.38. The SMILES string of the molecule is CCOC(=O)c1nnn(CCN)c1CNC(=O)OC(C)(C)C. The Morgan fingerprint density at radius 2 is 2.05 bits per heavy atom. The largest absolute Gasteiger partial charge is 0.461 e. The molecule has 0 fully saturated rings. The first-order valence-corrected chi connectivity index (χ1v) is 7.05. The Morgan fingerprint density at radius 1 is 1.36 bits per heavy atom. The lowest BCUT2D eigenvalue weighted by atomic mass is 10.2. The molecule has 0 bridgehead atoms. The molecule has 0 aliphatic carbocycles. The maximum atomic E-state index is 11.8. The number of rotatable bonds is 6. The highest BCUT2D eigenvalue weighted by atomic mass is 16.6. The van der Waals surface area contributed by atoms with Gasteiger partial charge in [-0.05, 0) is 27.7 Å². The van der Waals surface area contributed by atoms with Gasteiger partial charge < -0.3 is 20.5 Å². The zero-order chi connectivity index (χ0) is 16.8. The van der Waals surface area contributed by atoms with Crippen LogP contribution in [-0.2, 0) is 22.6 Å². The van der Waals surface area contributed by atoms with Crippen LogP contribution >= 0.6 is 0 Å². The summed E-state index contributed by atoms with van der Waals surface area (Å²) >= 11 is 0. The van der Waals surface area contributed by atoms with Crippen molar-refractivity contribution in [2.24, 2.45) is 5.73 Å². The van der Waals surface area contributed by atoms with Gasteiger partial charge in [-0.3, -0.25) is 0 Å². The lowest BCUT2D eigenvalue weighted by Gasteiger charge is -2.19. The van der Waals surface area contributed by atoms with Crippen molar-refractivity contribution in [1.82, 2.24) is 20.3 Å². The molecule has 1 aromatic rings. The van der Waals surface area contributed by atoms with Crippen molar-refractivity contribution in [3.8, 4) is 0 Å². The molecule has 22 heavy (non-hydrogen) atoms. The molecule has 0 saturated heterocycles. The molecule has 0 atom stereocenters. The summed E-state index contributed by atoms with van der Waals surface area (Å²) in [4.78, 5) is 23.5. The van der Waals surface area contributed by atoms with Crippen molar-refractivity contribution in [2.75, 3.05) is 13.2 Å². The smallest absolute Gasteiger partial charge is 0.407 e. The average molecular weight is 313 g/mol. The van der Waals surface area contributed by atoms with Crippen molar-refractivity contribution in [3.05, 3.63) is 11.4 Å². The van der Waals surface area contributed by atoms with Crippen LogP contribution in [0.25, 0.3) is 0 Å². The molecule has 0 spiro atoms. The van der Waals surface area contributed by atoms with Gasteiger partial charge in [-0.25, -0.2) is 14.3 Å². The normalized spacial score (nSPS) is 11.1. The molecular formula is C13H23N5O4. The fourth-order valence-electron chi connectivity index (χ4n) is 1.64. The van der Waals surface area contributed by atoms with Gasteiger partial charge in [0.1, 0.15) is 5.60 Å². The first-order valence-electron chi connectivity index (χ1n) is 7.05. The summed E-state index contributed by atoms with van der Waals surface area (Å²) in [6.07, 6.45) is -0.595. The summed E-state index contributed by atoms with van der Waals surface area (Å²) in [5, 5.41) is 10.2. The van der Waals surface area contributed by atoms with Crippen molar-refractivity contribution in [1.29, 1.82) is 0 Å². The highest BCUT2D eigenvalue weighted by Gasteiger charge is 2.22. The number of nitrogens with zero attached hydrogens (tertiary/aromatic N) is 3. The van der Waals surface area contributed by atoms with Gasteiger partial charge in [-0.1, -0.05) is 5.21 Å². The van der Waals surface area contributed by atoms with Crippen molar-refractivity contribution in [2.45, 2.75) is 46.4 Å². The van der Waals surface area contributed by atoms with Crippen LogP contribution in [0.3, 0.4) is 0 Å². The van der Waals surface area contributed by atoms with Crippen LogP contribution in [0.5, 0.6) is 0 Å². The monoisotopic (exact) mass is 313 g/mol.